The van der Waals surface area contributed by atoms with Crippen molar-refractivity contribution in [3.05, 3.63) is 38.9 Å². The molecule has 0 N–H and O–H groups in total. The summed E-state index contributed by atoms with van der Waals surface area (Å²) in [4.78, 5) is 35.5. The number of unbranched alkanes of at least 4 members (excludes halogenated alkanes) is 1. The van der Waals surface area contributed by atoms with Gasteiger partial charge in [-0.3, -0.25) is 13.9 Å². The summed E-state index contributed by atoms with van der Waals surface area (Å²) < 4.78 is 9.65. The average Bonchev–Trinajstić information content (AvgIpc) is 3.36. The molecule has 10 heteroatoms. The van der Waals surface area contributed by atoms with Gasteiger partial charge in [0, 0.05) is 40.0 Å². The maximum atomic E-state index is 12.4. The zero-order valence-corrected chi connectivity index (χ0v) is 17.6. The van der Waals surface area contributed by atoms with E-state index in [0.717, 1.165) is 49.9 Å². The average molecular weight is 403 g/mol. The van der Waals surface area contributed by atoms with Crippen molar-refractivity contribution in [2.24, 2.45) is 14.1 Å². The minimum atomic E-state index is -0.373. The Morgan fingerprint density at radius 1 is 1.07 bits per heavy atom. The van der Waals surface area contributed by atoms with Crippen molar-refractivity contribution in [2.75, 3.05) is 19.6 Å². The van der Waals surface area contributed by atoms with E-state index >= 15 is 0 Å². The van der Waals surface area contributed by atoms with Crippen LogP contribution in [0.15, 0.2) is 20.4 Å². The quantitative estimate of drug-likeness (QED) is 0.460. The molecule has 0 radical (unpaired) electrons. The summed E-state index contributed by atoms with van der Waals surface area (Å²) in [5, 5.41) is 4.06. The Labute approximate surface area is 168 Å². The normalized spacial score (nSPS) is 11.8. The molecule has 3 aromatic heterocycles. The Morgan fingerprint density at radius 3 is 2.55 bits per heavy atom. The smallest absolute Gasteiger partial charge is 0.332 e. The number of rotatable bonds is 10. The number of aromatic nitrogens is 6. The van der Waals surface area contributed by atoms with Gasteiger partial charge in [-0.2, -0.15) is 4.98 Å². The summed E-state index contributed by atoms with van der Waals surface area (Å²) >= 11 is 0. The zero-order chi connectivity index (χ0) is 21.0. The van der Waals surface area contributed by atoms with Gasteiger partial charge in [-0.05, 0) is 25.9 Å². The Morgan fingerprint density at radius 2 is 1.83 bits per heavy atom. The van der Waals surface area contributed by atoms with E-state index in [2.05, 4.69) is 33.9 Å². The second-order valence-electron chi connectivity index (χ2n) is 7.15. The molecular formula is C19H29N7O3. The van der Waals surface area contributed by atoms with Gasteiger partial charge in [0.15, 0.2) is 17.0 Å². The molecule has 10 nitrogen and oxygen atoms in total. The molecule has 29 heavy (non-hydrogen) atoms. The third-order valence-corrected chi connectivity index (χ3v) is 5.31. The van der Waals surface area contributed by atoms with E-state index in [9.17, 15) is 9.59 Å². The fourth-order valence-electron chi connectivity index (χ4n) is 3.42. The first-order valence-electron chi connectivity index (χ1n) is 10.1. The van der Waals surface area contributed by atoms with Gasteiger partial charge in [0.05, 0.1) is 6.33 Å². The maximum absolute atomic E-state index is 12.4. The Bertz CT molecular complexity index is 1070. The lowest BCUT2D eigenvalue weighted by atomic mass is 10.2. The van der Waals surface area contributed by atoms with Gasteiger partial charge in [0.25, 0.3) is 5.56 Å². The van der Waals surface area contributed by atoms with Crippen molar-refractivity contribution in [3.8, 4) is 0 Å². The first-order valence-corrected chi connectivity index (χ1v) is 10.1. The Balaban J connectivity index is 1.55. The summed E-state index contributed by atoms with van der Waals surface area (Å²) in [5.74, 6) is 1.39. The monoisotopic (exact) mass is 403 g/mol. The third kappa shape index (κ3) is 4.47. The van der Waals surface area contributed by atoms with Crippen LogP contribution in [-0.4, -0.2) is 53.4 Å². The number of likely N-dealkylation sites (N-methyl/N-ethyl adjacent to an activating group) is 1. The van der Waals surface area contributed by atoms with Gasteiger partial charge in [-0.15, -0.1) is 0 Å². The van der Waals surface area contributed by atoms with Crippen LogP contribution >= 0.6 is 0 Å². The lowest BCUT2D eigenvalue weighted by molar-refractivity contribution is 0.286. The predicted molar refractivity (Wildman–Crippen MR) is 109 cm³/mol. The highest BCUT2D eigenvalue weighted by Gasteiger charge is 2.14. The van der Waals surface area contributed by atoms with Crippen molar-refractivity contribution < 1.29 is 4.52 Å². The standard InChI is InChI=1S/C19H29N7O3/c1-5-25(6-2)12-10-15-21-14(22-29-15)9-7-8-11-26-13-20-17-16(26)18(27)24(4)19(28)23(17)3/h13H,5-12H2,1-4H3. The van der Waals surface area contributed by atoms with E-state index in [0.29, 0.717) is 29.4 Å². The van der Waals surface area contributed by atoms with Crippen LogP contribution in [0.25, 0.3) is 11.2 Å². The highest BCUT2D eigenvalue weighted by atomic mass is 16.5. The lowest BCUT2D eigenvalue weighted by Gasteiger charge is -2.15. The molecule has 0 saturated carbocycles. The summed E-state index contributed by atoms with van der Waals surface area (Å²) in [6.07, 6.45) is 4.79. The molecule has 0 atom stereocenters. The highest BCUT2D eigenvalue weighted by Crippen LogP contribution is 2.09. The summed E-state index contributed by atoms with van der Waals surface area (Å²) in [6.45, 7) is 7.86. The van der Waals surface area contributed by atoms with Gasteiger partial charge in [-0.1, -0.05) is 19.0 Å². The number of imidazole rings is 1. The first-order chi connectivity index (χ1) is 14.0. The molecular weight excluding hydrogens is 374 g/mol. The SMILES string of the molecule is CCN(CC)CCc1nc(CCCCn2cnc3c2c(=O)n(C)c(=O)n3C)no1. The van der Waals surface area contributed by atoms with Crippen LogP contribution in [0.5, 0.6) is 0 Å². The van der Waals surface area contributed by atoms with Crippen molar-refractivity contribution in [1.29, 1.82) is 0 Å². The van der Waals surface area contributed by atoms with Gasteiger partial charge in [0.1, 0.15) is 0 Å². The molecule has 0 aliphatic rings. The van der Waals surface area contributed by atoms with Crippen LogP contribution in [0.3, 0.4) is 0 Å². The van der Waals surface area contributed by atoms with Gasteiger partial charge >= 0.3 is 5.69 Å². The third-order valence-electron chi connectivity index (χ3n) is 5.31. The molecule has 0 aliphatic heterocycles. The second-order valence-corrected chi connectivity index (χ2v) is 7.15. The molecule has 158 valence electrons. The molecule has 0 aliphatic carbocycles. The summed E-state index contributed by atoms with van der Waals surface area (Å²) in [5.41, 5.74) is 0.167. The van der Waals surface area contributed by atoms with Gasteiger partial charge in [-0.25, -0.2) is 9.78 Å². The molecule has 0 fully saturated rings. The summed E-state index contributed by atoms with van der Waals surface area (Å²) in [7, 11) is 3.10. The fraction of sp³-hybridized carbons (Fsp3) is 0.632. The minimum Gasteiger partial charge on any atom is -0.339 e. The van der Waals surface area contributed by atoms with E-state index in [1.54, 1.807) is 13.4 Å². The molecule has 3 rings (SSSR count). The molecule has 0 unspecified atom stereocenters. The van der Waals surface area contributed by atoms with Crippen molar-refractivity contribution in [3.63, 3.8) is 0 Å². The Kier molecular flexibility index (Phi) is 6.63. The molecule has 0 aromatic carbocycles. The topological polar surface area (TPSA) is 104 Å². The second kappa shape index (κ2) is 9.17. The van der Waals surface area contributed by atoms with E-state index < -0.39 is 0 Å². The van der Waals surface area contributed by atoms with E-state index in [1.807, 2.05) is 4.57 Å². The van der Waals surface area contributed by atoms with Crippen LogP contribution in [0.4, 0.5) is 0 Å². The fourth-order valence-corrected chi connectivity index (χ4v) is 3.42. The zero-order valence-electron chi connectivity index (χ0n) is 17.6. The Hall–Kier alpha value is -2.75. The number of hydrogen-bond acceptors (Lipinski definition) is 7. The first kappa shape index (κ1) is 21.0. The number of nitrogens with zero attached hydrogens (tertiary/aromatic N) is 7. The highest BCUT2D eigenvalue weighted by molar-refractivity contribution is 5.69. The number of hydrogen-bond donors (Lipinski definition) is 0. The lowest BCUT2D eigenvalue weighted by Crippen LogP contribution is -2.37. The van der Waals surface area contributed by atoms with Crippen LogP contribution in [0.2, 0.25) is 0 Å². The maximum Gasteiger partial charge on any atom is 0.332 e. The molecule has 3 aromatic rings. The minimum absolute atomic E-state index is 0.323. The van der Waals surface area contributed by atoms with Crippen LogP contribution in [-0.2, 0) is 33.5 Å². The number of fused-ring (bicyclic) bond motifs is 1. The van der Waals surface area contributed by atoms with E-state index in [1.165, 1.54) is 11.6 Å². The van der Waals surface area contributed by atoms with Crippen molar-refractivity contribution in [2.45, 2.75) is 46.1 Å². The largest absolute Gasteiger partial charge is 0.339 e. The van der Waals surface area contributed by atoms with Crippen LogP contribution < -0.4 is 11.2 Å². The van der Waals surface area contributed by atoms with Crippen LogP contribution in [0, 0.1) is 0 Å². The molecule has 0 saturated heterocycles. The number of aryl methyl sites for hydroxylation is 3. The molecule has 3 heterocycles. The van der Waals surface area contributed by atoms with E-state index in [4.69, 9.17) is 4.52 Å². The molecule has 0 amide bonds. The molecule has 0 spiro atoms. The van der Waals surface area contributed by atoms with Gasteiger partial charge < -0.3 is 14.0 Å². The molecule has 0 bridgehead atoms. The van der Waals surface area contributed by atoms with Crippen molar-refractivity contribution >= 4 is 11.2 Å². The van der Waals surface area contributed by atoms with Gasteiger partial charge in [0.2, 0.25) is 5.89 Å². The summed E-state index contributed by atoms with van der Waals surface area (Å²) in [6, 6.07) is 0. The van der Waals surface area contributed by atoms with E-state index in [-0.39, 0.29) is 11.2 Å². The van der Waals surface area contributed by atoms with Crippen molar-refractivity contribution in [1.82, 2.24) is 33.7 Å². The van der Waals surface area contributed by atoms with Crippen LogP contribution in [0.1, 0.15) is 38.4 Å². The predicted octanol–water partition coefficient (Wildman–Crippen LogP) is 0.724.